The number of carbonyl (C=O) groups is 2. The number of phenolic OH excluding ortho intramolecular Hbond substituents is 1. The van der Waals surface area contributed by atoms with Crippen LogP contribution >= 0.6 is 0 Å². The largest absolute Gasteiger partial charge is 0.507 e. The maximum Gasteiger partial charge on any atom is 0.306 e. The summed E-state index contributed by atoms with van der Waals surface area (Å²) < 4.78 is 0. The van der Waals surface area contributed by atoms with Crippen molar-refractivity contribution in [1.29, 1.82) is 0 Å². The summed E-state index contributed by atoms with van der Waals surface area (Å²) in [4.78, 5) is 34.7. The number of aliphatic carboxylic acids is 1. The molecule has 2 aliphatic heterocycles. The standard InChI is InChI=1S/C17H26N4O.C12H15N3O3.C2H6/c1-12-6-4-5-9-21(11-12)15(17(19)20)10-14(18)13-7-2-3-8-16(13)22;1-8-13-6-10(7-14-8)11(16)15-4-2-9(3-5-15)12(17)18;1-2/h2-3,7-8,10,12,22H,4-6,9,11,18-20H2,1H3;6-7,9H,2-5H2,1H3,(H,17,18);1-2H3/b14-10-;;. The number of benzene rings is 1. The third-order valence-electron chi connectivity index (χ3n) is 7.21. The molecule has 11 nitrogen and oxygen atoms in total. The van der Waals surface area contributed by atoms with E-state index < -0.39 is 5.97 Å². The van der Waals surface area contributed by atoms with Gasteiger partial charge in [0.1, 0.15) is 17.4 Å². The molecule has 0 radical (unpaired) electrons. The number of rotatable bonds is 5. The molecule has 4 rings (SSSR count). The second-order valence-electron chi connectivity index (χ2n) is 10.4. The van der Waals surface area contributed by atoms with Gasteiger partial charge in [0.05, 0.1) is 17.2 Å². The van der Waals surface area contributed by atoms with E-state index in [1.807, 2.05) is 19.9 Å². The summed E-state index contributed by atoms with van der Waals surface area (Å²) >= 11 is 0. The maximum absolute atomic E-state index is 12.1. The monoisotopic (exact) mass is 581 g/mol. The number of hydrogen-bond donors (Lipinski definition) is 5. The third-order valence-corrected chi connectivity index (χ3v) is 7.21. The number of nitrogens with zero attached hydrogens (tertiary/aromatic N) is 4. The molecule has 230 valence electrons. The van der Waals surface area contributed by atoms with E-state index in [1.54, 1.807) is 36.1 Å². The number of carboxylic acids is 1. The van der Waals surface area contributed by atoms with E-state index in [0.29, 0.717) is 54.5 Å². The number of carbonyl (C=O) groups excluding carboxylic acids is 1. The van der Waals surface area contributed by atoms with Crippen molar-refractivity contribution in [2.24, 2.45) is 29.0 Å². The van der Waals surface area contributed by atoms with Crippen LogP contribution in [0.5, 0.6) is 5.75 Å². The molecule has 1 amide bonds. The number of aromatic hydroxyl groups is 1. The Morgan fingerprint density at radius 2 is 1.57 bits per heavy atom. The fourth-order valence-electron chi connectivity index (χ4n) is 4.89. The highest BCUT2D eigenvalue weighted by atomic mass is 16.4. The van der Waals surface area contributed by atoms with E-state index in [9.17, 15) is 14.7 Å². The predicted octanol–water partition coefficient (Wildman–Crippen LogP) is 3.65. The number of aryl methyl sites for hydroxylation is 1. The number of piperidine rings is 1. The van der Waals surface area contributed by atoms with Gasteiger partial charge in [-0.25, -0.2) is 9.97 Å². The fourth-order valence-corrected chi connectivity index (χ4v) is 4.89. The molecular formula is C31H47N7O4. The highest BCUT2D eigenvalue weighted by molar-refractivity contribution is 5.93. The van der Waals surface area contributed by atoms with Crippen LogP contribution in [0.15, 0.2) is 54.3 Å². The number of phenols is 1. The van der Waals surface area contributed by atoms with Crippen LogP contribution in [-0.4, -0.2) is 68.0 Å². The van der Waals surface area contributed by atoms with Gasteiger partial charge in [-0.3, -0.25) is 9.59 Å². The van der Waals surface area contributed by atoms with Gasteiger partial charge < -0.3 is 37.2 Å². The van der Waals surface area contributed by atoms with E-state index >= 15 is 0 Å². The zero-order valence-electron chi connectivity index (χ0n) is 25.3. The zero-order valence-corrected chi connectivity index (χ0v) is 25.3. The number of aromatic nitrogens is 2. The van der Waals surface area contributed by atoms with Crippen molar-refractivity contribution >= 4 is 17.6 Å². The number of hydrogen-bond acceptors (Lipinski definition) is 9. The second-order valence-corrected chi connectivity index (χ2v) is 10.4. The molecule has 1 aromatic heterocycles. The number of likely N-dealkylation sites (tertiary alicyclic amines) is 2. The van der Waals surface area contributed by atoms with Crippen LogP contribution in [0.25, 0.3) is 5.70 Å². The molecule has 0 bridgehead atoms. The summed E-state index contributed by atoms with van der Waals surface area (Å²) in [5.74, 6) is 0.388. The van der Waals surface area contributed by atoms with Crippen molar-refractivity contribution in [3.8, 4) is 5.75 Å². The number of nitrogens with two attached hydrogens (primary N) is 3. The lowest BCUT2D eigenvalue weighted by molar-refractivity contribution is -0.143. The molecule has 1 aromatic carbocycles. The van der Waals surface area contributed by atoms with Crippen molar-refractivity contribution in [3.63, 3.8) is 0 Å². The van der Waals surface area contributed by atoms with Crippen molar-refractivity contribution in [3.05, 3.63) is 71.2 Å². The third kappa shape index (κ3) is 9.97. The minimum Gasteiger partial charge on any atom is -0.507 e. The Labute approximate surface area is 249 Å². The normalized spacial score (nSPS) is 17.5. The molecule has 42 heavy (non-hydrogen) atoms. The van der Waals surface area contributed by atoms with Crippen molar-refractivity contribution < 1.29 is 19.8 Å². The van der Waals surface area contributed by atoms with Crippen LogP contribution in [0.2, 0.25) is 0 Å². The van der Waals surface area contributed by atoms with Crippen molar-refractivity contribution in [1.82, 2.24) is 19.8 Å². The van der Waals surface area contributed by atoms with E-state index in [2.05, 4.69) is 21.8 Å². The molecule has 0 spiro atoms. The van der Waals surface area contributed by atoms with Gasteiger partial charge in [-0.15, -0.1) is 0 Å². The van der Waals surface area contributed by atoms with Gasteiger partial charge in [0.25, 0.3) is 5.91 Å². The molecular weight excluding hydrogens is 534 g/mol. The Kier molecular flexibility index (Phi) is 13.6. The van der Waals surface area contributed by atoms with Crippen LogP contribution < -0.4 is 17.2 Å². The van der Waals surface area contributed by atoms with Crippen LogP contribution in [0, 0.1) is 18.8 Å². The average molecular weight is 582 g/mol. The van der Waals surface area contributed by atoms with Crippen LogP contribution in [0.1, 0.15) is 74.6 Å². The molecule has 3 heterocycles. The van der Waals surface area contributed by atoms with Crippen molar-refractivity contribution in [2.45, 2.75) is 59.8 Å². The number of carboxylic acid groups (broad SMARTS) is 1. The average Bonchev–Trinajstić information content (AvgIpc) is 3.21. The molecule has 0 saturated carbocycles. The zero-order chi connectivity index (χ0) is 31.2. The number of para-hydroxylation sites is 1. The van der Waals surface area contributed by atoms with Gasteiger partial charge in [-0.2, -0.15) is 0 Å². The Balaban J connectivity index is 0.000000282. The lowest BCUT2D eigenvalue weighted by Crippen LogP contribution is -2.40. The molecule has 2 saturated heterocycles. The quantitative estimate of drug-likeness (QED) is 0.326. The van der Waals surface area contributed by atoms with Gasteiger partial charge in [0, 0.05) is 49.8 Å². The van der Waals surface area contributed by atoms with Crippen LogP contribution in [0.4, 0.5) is 0 Å². The molecule has 0 aliphatic carbocycles. The molecule has 1 unspecified atom stereocenters. The Morgan fingerprint density at radius 3 is 2.14 bits per heavy atom. The first-order valence-corrected chi connectivity index (χ1v) is 14.6. The van der Waals surface area contributed by atoms with Gasteiger partial charge in [0.2, 0.25) is 0 Å². The lowest BCUT2D eigenvalue weighted by Gasteiger charge is -2.30. The van der Waals surface area contributed by atoms with Crippen LogP contribution in [-0.2, 0) is 4.79 Å². The predicted molar refractivity (Wildman–Crippen MR) is 165 cm³/mol. The lowest BCUT2D eigenvalue weighted by atomic mass is 9.97. The minimum absolute atomic E-state index is 0.126. The Bertz CT molecular complexity index is 1220. The van der Waals surface area contributed by atoms with Gasteiger partial charge in [-0.1, -0.05) is 39.3 Å². The molecule has 11 heteroatoms. The highest BCUT2D eigenvalue weighted by Crippen LogP contribution is 2.25. The summed E-state index contributed by atoms with van der Waals surface area (Å²) in [5.41, 5.74) is 20.1. The minimum atomic E-state index is -0.777. The molecule has 2 fully saturated rings. The molecule has 2 aliphatic rings. The summed E-state index contributed by atoms with van der Waals surface area (Å²) in [7, 11) is 0. The number of amides is 1. The summed E-state index contributed by atoms with van der Waals surface area (Å²) in [6.45, 7) is 10.8. The van der Waals surface area contributed by atoms with E-state index in [0.717, 1.165) is 25.2 Å². The van der Waals surface area contributed by atoms with E-state index in [4.69, 9.17) is 22.3 Å². The Morgan fingerprint density at radius 1 is 0.952 bits per heavy atom. The molecule has 2 aromatic rings. The fraction of sp³-hybridized carbons (Fsp3) is 0.484. The summed E-state index contributed by atoms with van der Waals surface area (Å²) in [6, 6.07) is 6.98. The van der Waals surface area contributed by atoms with Crippen molar-refractivity contribution in [2.75, 3.05) is 26.2 Å². The first kappa shape index (κ1) is 33.9. The first-order valence-electron chi connectivity index (χ1n) is 14.6. The smallest absolute Gasteiger partial charge is 0.306 e. The second kappa shape index (κ2) is 16.9. The van der Waals surface area contributed by atoms with Gasteiger partial charge in [0.15, 0.2) is 0 Å². The van der Waals surface area contributed by atoms with E-state index in [1.165, 1.54) is 25.2 Å². The topological polar surface area (TPSA) is 185 Å². The Hall–Kier alpha value is -4.28. The number of allylic oxidation sites excluding steroid dienone is 1. The molecule has 8 N–H and O–H groups in total. The summed E-state index contributed by atoms with van der Waals surface area (Å²) in [5, 5.41) is 18.8. The van der Waals surface area contributed by atoms with E-state index in [-0.39, 0.29) is 23.4 Å². The highest BCUT2D eigenvalue weighted by Gasteiger charge is 2.27. The first-order chi connectivity index (χ1) is 20.1. The summed E-state index contributed by atoms with van der Waals surface area (Å²) in [6.07, 6.45) is 9.35. The molecule has 1 atom stereocenters. The maximum atomic E-state index is 12.1. The van der Waals surface area contributed by atoms with Gasteiger partial charge in [-0.05, 0) is 56.7 Å². The van der Waals surface area contributed by atoms with Gasteiger partial charge >= 0.3 is 5.97 Å². The SMILES string of the molecule is CC.CC1CCCCN(C(/C=C(\N)c2ccccc2O)=C(N)N)C1.Cc1ncc(C(=O)N2CCC(C(=O)O)CC2)cn1. The van der Waals surface area contributed by atoms with Crippen LogP contribution in [0.3, 0.4) is 0 Å².